The molecule has 2 heterocycles. The van der Waals surface area contributed by atoms with Gasteiger partial charge in [0.25, 0.3) is 5.91 Å². The van der Waals surface area contributed by atoms with Crippen LogP contribution in [0, 0.1) is 0 Å². The second kappa shape index (κ2) is 5.53. The normalized spacial score (nSPS) is 15.8. The third-order valence-corrected chi connectivity index (χ3v) is 4.16. The van der Waals surface area contributed by atoms with E-state index in [0.717, 1.165) is 31.3 Å². The maximum Gasteiger partial charge on any atom is 0.267 e. The Hall–Kier alpha value is -1.34. The third kappa shape index (κ3) is 2.56. The van der Waals surface area contributed by atoms with Crippen LogP contribution in [0.1, 0.15) is 16.6 Å². The molecule has 1 aromatic heterocycles. The largest absolute Gasteiger partial charge is 0.382 e. The smallest absolute Gasteiger partial charge is 0.267 e. The number of nitrogens with zero attached hydrogens (tertiary/aromatic N) is 3. The van der Waals surface area contributed by atoms with Crippen molar-refractivity contribution in [1.82, 2.24) is 15.2 Å². The number of piperazine rings is 1. The molecule has 2 rings (SSSR count). The number of carbonyl (C=O) groups is 1. The van der Waals surface area contributed by atoms with Gasteiger partial charge in [-0.15, -0.1) is 0 Å². The second-order valence-electron chi connectivity index (χ2n) is 4.27. The molecule has 0 spiro atoms. The summed E-state index contributed by atoms with van der Waals surface area (Å²) in [6.45, 7) is 6.30. The zero-order valence-electron chi connectivity index (χ0n) is 10.8. The Kier molecular flexibility index (Phi) is 4.03. The van der Waals surface area contributed by atoms with Gasteiger partial charge in [-0.05, 0) is 6.92 Å². The fourth-order valence-electron chi connectivity index (χ4n) is 1.78. The Labute approximate surface area is 111 Å². The number of nitrogens with one attached hydrogen (secondary N) is 1. The van der Waals surface area contributed by atoms with Crippen molar-refractivity contribution in [2.75, 3.05) is 50.4 Å². The van der Waals surface area contributed by atoms with E-state index < -0.39 is 0 Å². The van der Waals surface area contributed by atoms with Crippen molar-refractivity contribution in [3.8, 4) is 0 Å². The SMILES string of the molecule is CCN(C)C(=O)c1sc(N2CCNCC2)nc1N. The molecule has 18 heavy (non-hydrogen) atoms. The van der Waals surface area contributed by atoms with Crippen molar-refractivity contribution in [3.63, 3.8) is 0 Å². The van der Waals surface area contributed by atoms with Gasteiger partial charge in [-0.25, -0.2) is 4.98 Å². The molecular formula is C11H19N5OS. The number of amides is 1. The van der Waals surface area contributed by atoms with E-state index in [1.165, 1.54) is 11.3 Å². The quantitative estimate of drug-likeness (QED) is 0.821. The number of aromatic nitrogens is 1. The first-order valence-electron chi connectivity index (χ1n) is 6.11. The molecule has 1 aliphatic heterocycles. The van der Waals surface area contributed by atoms with Gasteiger partial charge in [0.15, 0.2) is 5.13 Å². The minimum atomic E-state index is -0.0473. The summed E-state index contributed by atoms with van der Waals surface area (Å²) in [6.07, 6.45) is 0. The molecular weight excluding hydrogens is 250 g/mol. The van der Waals surface area contributed by atoms with Crippen LogP contribution >= 0.6 is 11.3 Å². The van der Waals surface area contributed by atoms with Gasteiger partial charge in [-0.1, -0.05) is 11.3 Å². The van der Waals surface area contributed by atoms with E-state index >= 15 is 0 Å². The molecule has 0 atom stereocenters. The van der Waals surface area contributed by atoms with Crippen LogP contribution in [-0.2, 0) is 0 Å². The number of hydrogen-bond donors (Lipinski definition) is 2. The van der Waals surface area contributed by atoms with Gasteiger partial charge in [0, 0.05) is 39.8 Å². The fraction of sp³-hybridized carbons (Fsp3) is 0.636. The molecule has 6 nitrogen and oxygen atoms in total. The van der Waals surface area contributed by atoms with Crippen LogP contribution in [0.5, 0.6) is 0 Å². The second-order valence-corrected chi connectivity index (χ2v) is 5.24. The lowest BCUT2D eigenvalue weighted by Gasteiger charge is -2.26. The molecule has 0 saturated carbocycles. The molecule has 0 radical (unpaired) electrons. The first kappa shape index (κ1) is 13.1. The van der Waals surface area contributed by atoms with Crippen molar-refractivity contribution >= 4 is 28.2 Å². The molecule has 1 aromatic rings. The lowest BCUT2D eigenvalue weighted by Crippen LogP contribution is -2.43. The maximum atomic E-state index is 12.1. The van der Waals surface area contributed by atoms with Crippen LogP contribution in [0.2, 0.25) is 0 Å². The van der Waals surface area contributed by atoms with Crippen molar-refractivity contribution < 1.29 is 4.79 Å². The van der Waals surface area contributed by atoms with E-state index in [0.29, 0.717) is 17.2 Å². The molecule has 1 saturated heterocycles. The van der Waals surface area contributed by atoms with Gasteiger partial charge in [-0.2, -0.15) is 0 Å². The molecule has 3 N–H and O–H groups in total. The van der Waals surface area contributed by atoms with Crippen LogP contribution in [0.25, 0.3) is 0 Å². The summed E-state index contributed by atoms with van der Waals surface area (Å²) in [4.78, 5) is 20.8. The van der Waals surface area contributed by atoms with E-state index in [1.807, 2.05) is 6.92 Å². The van der Waals surface area contributed by atoms with Gasteiger partial charge in [0.2, 0.25) is 0 Å². The third-order valence-electron chi connectivity index (χ3n) is 3.04. The van der Waals surface area contributed by atoms with Crippen LogP contribution in [0.15, 0.2) is 0 Å². The summed E-state index contributed by atoms with van der Waals surface area (Å²) in [6, 6.07) is 0. The summed E-state index contributed by atoms with van der Waals surface area (Å²) in [7, 11) is 1.77. The van der Waals surface area contributed by atoms with E-state index in [1.54, 1.807) is 11.9 Å². The van der Waals surface area contributed by atoms with Crippen LogP contribution < -0.4 is 16.0 Å². The highest BCUT2D eigenvalue weighted by Crippen LogP contribution is 2.29. The van der Waals surface area contributed by atoms with Crippen LogP contribution in [-0.4, -0.2) is 55.6 Å². The van der Waals surface area contributed by atoms with E-state index in [2.05, 4.69) is 15.2 Å². The number of carbonyl (C=O) groups excluding carboxylic acids is 1. The summed E-state index contributed by atoms with van der Waals surface area (Å²) < 4.78 is 0. The topological polar surface area (TPSA) is 74.5 Å². The van der Waals surface area contributed by atoms with Crippen molar-refractivity contribution in [1.29, 1.82) is 0 Å². The predicted molar refractivity (Wildman–Crippen MR) is 74.2 cm³/mol. The van der Waals surface area contributed by atoms with Crippen LogP contribution in [0.3, 0.4) is 0 Å². The molecule has 0 aromatic carbocycles. The molecule has 1 amide bonds. The lowest BCUT2D eigenvalue weighted by atomic mass is 10.4. The molecule has 0 aliphatic carbocycles. The number of thiazole rings is 1. The number of nitrogen functional groups attached to an aromatic ring is 1. The zero-order chi connectivity index (χ0) is 13.1. The highest BCUT2D eigenvalue weighted by molar-refractivity contribution is 7.18. The van der Waals surface area contributed by atoms with Gasteiger partial charge in [0.05, 0.1) is 0 Å². The average Bonchev–Trinajstić information content (AvgIpc) is 2.80. The van der Waals surface area contributed by atoms with Crippen molar-refractivity contribution in [2.24, 2.45) is 0 Å². The number of nitrogens with two attached hydrogens (primary N) is 1. The number of rotatable bonds is 3. The van der Waals surface area contributed by atoms with Gasteiger partial charge < -0.3 is 20.9 Å². The van der Waals surface area contributed by atoms with E-state index in [4.69, 9.17) is 5.73 Å². The van der Waals surface area contributed by atoms with Crippen LogP contribution in [0.4, 0.5) is 10.9 Å². The summed E-state index contributed by atoms with van der Waals surface area (Å²) in [5, 5.41) is 4.13. The number of hydrogen-bond acceptors (Lipinski definition) is 6. The van der Waals surface area contributed by atoms with Gasteiger partial charge in [0.1, 0.15) is 10.7 Å². The Morgan fingerprint density at radius 2 is 2.22 bits per heavy atom. The Morgan fingerprint density at radius 1 is 1.56 bits per heavy atom. The minimum Gasteiger partial charge on any atom is -0.382 e. The van der Waals surface area contributed by atoms with Gasteiger partial charge in [-0.3, -0.25) is 4.79 Å². The standard InChI is InChI=1S/C11H19N5OS/c1-3-15(2)10(17)8-9(12)14-11(18-8)16-6-4-13-5-7-16/h13H,3-7,12H2,1-2H3. The first-order valence-corrected chi connectivity index (χ1v) is 6.92. The predicted octanol–water partition coefficient (Wildman–Crippen LogP) is 0.227. The summed E-state index contributed by atoms with van der Waals surface area (Å²) in [5.41, 5.74) is 5.85. The van der Waals surface area contributed by atoms with E-state index in [9.17, 15) is 4.79 Å². The van der Waals surface area contributed by atoms with Crippen molar-refractivity contribution in [2.45, 2.75) is 6.92 Å². The molecule has 1 fully saturated rings. The average molecular weight is 269 g/mol. The lowest BCUT2D eigenvalue weighted by molar-refractivity contribution is 0.0808. The molecule has 7 heteroatoms. The fourth-order valence-corrected chi connectivity index (χ4v) is 2.81. The van der Waals surface area contributed by atoms with Gasteiger partial charge >= 0.3 is 0 Å². The highest BCUT2D eigenvalue weighted by Gasteiger charge is 2.22. The molecule has 100 valence electrons. The summed E-state index contributed by atoms with van der Waals surface area (Å²) >= 11 is 1.39. The Bertz CT molecular complexity index is 427. The maximum absolute atomic E-state index is 12.1. The monoisotopic (exact) mass is 269 g/mol. The first-order chi connectivity index (χ1) is 8.63. The Balaban J connectivity index is 2.18. The zero-order valence-corrected chi connectivity index (χ0v) is 11.6. The number of anilines is 2. The molecule has 1 aliphatic rings. The van der Waals surface area contributed by atoms with E-state index in [-0.39, 0.29) is 5.91 Å². The Morgan fingerprint density at radius 3 is 2.83 bits per heavy atom. The summed E-state index contributed by atoms with van der Waals surface area (Å²) in [5.74, 6) is 0.299. The minimum absolute atomic E-state index is 0.0473. The molecule has 0 bridgehead atoms. The van der Waals surface area contributed by atoms with Crippen molar-refractivity contribution in [3.05, 3.63) is 4.88 Å². The molecule has 0 unspecified atom stereocenters. The highest BCUT2D eigenvalue weighted by atomic mass is 32.1.